The van der Waals surface area contributed by atoms with Crippen LogP contribution in [0.25, 0.3) is 22.6 Å². The number of amides is 1. The Hall–Kier alpha value is -3.10. The molecule has 0 saturated carbocycles. The predicted molar refractivity (Wildman–Crippen MR) is 110 cm³/mol. The maximum Gasteiger partial charge on any atom is 0.227 e. The van der Waals surface area contributed by atoms with E-state index in [-0.39, 0.29) is 11.8 Å². The monoisotopic (exact) mass is 394 g/mol. The first-order chi connectivity index (χ1) is 14.1. The smallest absolute Gasteiger partial charge is 0.227 e. The molecular formula is C20H26N8O. The Labute approximate surface area is 169 Å². The second-order valence-electron chi connectivity index (χ2n) is 7.41. The van der Waals surface area contributed by atoms with Crippen molar-refractivity contribution < 1.29 is 4.79 Å². The number of hydrogen-bond donors (Lipinski definition) is 1. The van der Waals surface area contributed by atoms with Crippen molar-refractivity contribution in [3.05, 3.63) is 24.5 Å². The summed E-state index contributed by atoms with van der Waals surface area (Å²) < 4.78 is 2.02. The maximum atomic E-state index is 12.6. The number of carbonyl (C=O) groups excluding carboxylic acids is 1. The molecule has 0 aliphatic carbocycles. The van der Waals surface area contributed by atoms with Crippen LogP contribution in [0.3, 0.4) is 0 Å². The molecule has 29 heavy (non-hydrogen) atoms. The minimum absolute atomic E-state index is 0.128. The topological polar surface area (TPSA) is 102 Å². The molecule has 0 radical (unpaired) electrons. The van der Waals surface area contributed by atoms with E-state index in [0.717, 1.165) is 43.0 Å². The summed E-state index contributed by atoms with van der Waals surface area (Å²) >= 11 is 0. The number of hydrogen-bond acceptors (Lipinski definition) is 7. The molecule has 3 aromatic heterocycles. The van der Waals surface area contributed by atoms with Crippen LogP contribution in [-0.4, -0.2) is 59.9 Å². The van der Waals surface area contributed by atoms with Crippen molar-refractivity contribution in [2.24, 2.45) is 5.92 Å². The third-order valence-electron chi connectivity index (χ3n) is 5.30. The van der Waals surface area contributed by atoms with Crippen molar-refractivity contribution >= 4 is 22.9 Å². The van der Waals surface area contributed by atoms with Gasteiger partial charge in [0, 0.05) is 38.6 Å². The third-order valence-corrected chi connectivity index (χ3v) is 5.30. The number of rotatable bonds is 6. The fourth-order valence-corrected chi connectivity index (χ4v) is 3.68. The highest BCUT2D eigenvalue weighted by Gasteiger charge is 2.24. The van der Waals surface area contributed by atoms with Crippen LogP contribution in [0.2, 0.25) is 0 Å². The molecule has 0 unspecified atom stereocenters. The average molecular weight is 394 g/mol. The van der Waals surface area contributed by atoms with Gasteiger partial charge in [0.1, 0.15) is 18.0 Å². The molecule has 0 spiro atoms. The highest BCUT2D eigenvalue weighted by molar-refractivity contribution is 5.86. The van der Waals surface area contributed by atoms with Crippen LogP contribution in [0.5, 0.6) is 0 Å². The summed E-state index contributed by atoms with van der Waals surface area (Å²) in [5.41, 5.74) is 2.27. The van der Waals surface area contributed by atoms with Gasteiger partial charge in [0.15, 0.2) is 17.0 Å². The molecule has 9 heteroatoms. The van der Waals surface area contributed by atoms with Crippen LogP contribution in [0, 0.1) is 12.8 Å². The van der Waals surface area contributed by atoms with Crippen LogP contribution in [0.4, 0.5) is 5.82 Å². The highest BCUT2D eigenvalue weighted by Crippen LogP contribution is 2.26. The lowest BCUT2D eigenvalue weighted by molar-refractivity contribution is -0.133. The Bertz CT molecular complexity index is 1010. The van der Waals surface area contributed by atoms with Crippen molar-refractivity contribution in [2.45, 2.75) is 40.2 Å². The molecule has 1 aliphatic heterocycles. The molecule has 1 atom stereocenters. The second-order valence-corrected chi connectivity index (χ2v) is 7.41. The summed E-state index contributed by atoms with van der Waals surface area (Å²) in [6.07, 6.45) is 7.26. The lowest BCUT2D eigenvalue weighted by atomic mass is 10.1. The number of nitrogens with zero attached hydrogens (tertiary/aromatic N) is 7. The Morgan fingerprint density at radius 3 is 2.59 bits per heavy atom. The second kappa shape index (κ2) is 8.10. The summed E-state index contributed by atoms with van der Waals surface area (Å²) in [6, 6.07) is 0. The lowest BCUT2D eigenvalue weighted by Crippen LogP contribution is -2.35. The molecule has 1 fully saturated rings. The molecule has 0 aromatic carbocycles. The molecule has 1 amide bonds. The van der Waals surface area contributed by atoms with Gasteiger partial charge in [-0.25, -0.2) is 24.9 Å². The molecule has 4 rings (SSSR count). The van der Waals surface area contributed by atoms with E-state index in [1.165, 1.54) is 6.33 Å². The first-order valence-electron chi connectivity index (χ1n) is 10.1. The van der Waals surface area contributed by atoms with Gasteiger partial charge in [-0.15, -0.1) is 0 Å². The van der Waals surface area contributed by atoms with E-state index in [9.17, 15) is 4.79 Å². The fraction of sp³-hybridized carbons (Fsp3) is 0.500. The van der Waals surface area contributed by atoms with Gasteiger partial charge in [-0.05, 0) is 26.7 Å². The van der Waals surface area contributed by atoms with Crippen molar-refractivity contribution in [1.82, 2.24) is 34.4 Å². The van der Waals surface area contributed by atoms with E-state index in [2.05, 4.69) is 25.3 Å². The molecule has 3 aromatic rings. The predicted octanol–water partition coefficient (Wildman–Crippen LogP) is 2.28. The lowest BCUT2D eigenvalue weighted by Gasteiger charge is -2.20. The summed E-state index contributed by atoms with van der Waals surface area (Å²) in [7, 11) is 0. The Morgan fingerprint density at radius 1 is 1.17 bits per heavy atom. The minimum Gasteiger partial charge on any atom is -0.367 e. The largest absolute Gasteiger partial charge is 0.367 e. The van der Waals surface area contributed by atoms with Gasteiger partial charge in [0.25, 0.3) is 0 Å². The van der Waals surface area contributed by atoms with Crippen LogP contribution in [0.15, 0.2) is 18.7 Å². The Balaban J connectivity index is 1.60. The summed E-state index contributed by atoms with van der Waals surface area (Å²) in [5.74, 6) is 2.17. The normalized spacial score (nSPS) is 15.1. The molecule has 152 valence electrons. The Kier molecular flexibility index (Phi) is 5.37. The van der Waals surface area contributed by atoms with Crippen molar-refractivity contribution in [3.63, 3.8) is 0 Å². The van der Waals surface area contributed by atoms with Crippen LogP contribution in [0.1, 0.15) is 32.5 Å². The average Bonchev–Trinajstić information content (AvgIpc) is 3.40. The number of imidazole rings is 1. The molecule has 1 N–H and O–H groups in total. The van der Waals surface area contributed by atoms with Gasteiger partial charge in [-0.2, -0.15) is 0 Å². The van der Waals surface area contributed by atoms with Crippen LogP contribution >= 0.6 is 0 Å². The first-order valence-corrected chi connectivity index (χ1v) is 10.1. The van der Waals surface area contributed by atoms with Gasteiger partial charge in [0.2, 0.25) is 5.91 Å². The van der Waals surface area contributed by atoms with Crippen LogP contribution < -0.4 is 5.32 Å². The molecule has 1 aliphatic rings. The SMILES string of the molecule is CCn1c(-c2cnc(C)nc2)nc2c(NC[C@H](C)C(=O)N3CCCC3)ncnc21. The van der Waals surface area contributed by atoms with E-state index in [0.29, 0.717) is 30.2 Å². The van der Waals surface area contributed by atoms with Gasteiger partial charge < -0.3 is 14.8 Å². The van der Waals surface area contributed by atoms with E-state index in [1.807, 2.05) is 30.2 Å². The van der Waals surface area contributed by atoms with E-state index >= 15 is 0 Å². The number of aryl methyl sites for hydroxylation is 2. The molecule has 0 bridgehead atoms. The highest BCUT2D eigenvalue weighted by atomic mass is 16.2. The summed E-state index contributed by atoms with van der Waals surface area (Å²) in [4.78, 5) is 36.7. The number of carbonyl (C=O) groups is 1. The quantitative estimate of drug-likeness (QED) is 0.684. The van der Waals surface area contributed by atoms with Gasteiger partial charge >= 0.3 is 0 Å². The maximum absolute atomic E-state index is 12.6. The molecule has 9 nitrogen and oxygen atoms in total. The zero-order chi connectivity index (χ0) is 20.4. The third kappa shape index (κ3) is 3.76. The van der Waals surface area contributed by atoms with E-state index in [1.54, 1.807) is 12.4 Å². The summed E-state index contributed by atoms with van der Waals surface area (Å²) in [6.45, 7) is 8.79. The molecular weight excluding hydrogens is 368 g/mol. The number of fused-ring (bicyclic) bond motifs is 1. The number of likely N-dealkylation sites (tertiary alicyclic amines) is 1. The standard InChI is InChI=1S/C20H26N8O/c1-4-28-18(15-10-21-14(3)22-11-15)26-16-17(24-12-25-19(16)28)23-9-13(2)20(29)27-7-5-6-8-27/h10-13H,4-9H2,1-3H3,(H,23,24,25)/t13-/m0/s1. The van der Waals surface area contributed by atoms with Crippen molar-refractivity contribution in [1.29, 1.82) is 0 Å². The van der Waals surface area contributed by atoms with Gasteiger partial charge in [-0.3, -0.25) is 4.79 Å². The van der Waals surface area contributed by atoms with Crippen molar-refractivity contribution in [3.8, 4) is 11.4 Å². The molecule has 1 saturated heterocycles. The van der Waals surface area contributed by atoms with Crippen LogP contribution in [-0.2, 0) is 11.3 Å². The van der Waals surface area contributed by atoms with Crippen molar-refractivity contribution in [2.75, 3.05) is 25.0 Å². The van der Waals surface area contributed by atoms with Gasteiger partial charge in [-0.1, -0.05) is 6.92 Å². The number of aromatic nitrogens is 6. The zero-order valence-corrected chi connectivity index (χ0v) is 17.1. The van der Waals surface area contributed by atoms with E-state index < -0.39 is 0 Å². The Morgan fingerprint density at radius 2 is 1.90 bits per heavy atom. The summed E-state index contributed by atoms with van der Waals surface area (Å²) in [5, 5.41) is 3.31. The minimum atomic E-state index is -0.128. The number of anilines is 1. The zero-order valence-electron chi connectivity index (χ0n) is 17.1. The first kappa shape index (κ1) is 19.2. The molecule has 4 heterocycles. The van der Waals surface area contributed by atoms with Gasteiger partial charge in [0.05, 0.1) is 11.5 Å². The van der Waals surface area contributed by atoms with E-state index in [4.69, 9.17) is 4.98 Å². The fourth-order valence-electron chi connectivity index (χ4n) is 3.68. The number of nitrogens with one attached hydrogen (secondary N) is 1.